The molecule has 8 rings (SSSR count). The minimum absolute atomic E-state index is 0.00914. The van der Waals surface area contributed by atoms with Crippen LogP contribution in [0, 0.1) is 23.5 Å². The predicted octanol–water partition coefficient (Wildman–Crippen LogP) is 5.88. The van der Waals surface area contributed by atoms with Gasteiger partial charge in [0.1, 0.15) is 17.6 Å². The fourth-order valence-corrected chi connectivity index (χ4v) is 9.12. The van der Waals surface area contributed by atoms with Crippen molar-refractivity contribution in [3.63, 3.8) is 0 Å². The van der Waals surface area contributed by atoms with Crippen LogP contribution in [-0.4, -0.2) is 86.9 Å². The lowest BCUT2D eigenvalue weighted by molar-refractivity contribution is -0.138. The number of carbonyl (C=O) groups is 3. The van der Waals surface area contributed by atoms with Gasteiger partial charge in [0.2, 0.25) is 23.7 Å². The first-order chi connectivity index (χ1) is 28.2. The molecule has 4 aliphatic rings. The maximum atomic E-state index is 15.2. The van der Waals surface area contributed by atoms with Crippen molar-refractivity contribution in [3.05, 3.63) is 101 Å². The molecular weight excluding hydrogens is 743 g/mol. The van der Waals surface area contributed by atoms with Gasteiger partial charge < -0.3 is 20.4 Å². The van der Waals surface area contributed by atoms with Crippen molar-refractivity contribution >= 4 is 29.4 Å². The summed E-state index contributed by atoms with van der Waals surface area (Å²) in [5, 5.41) is 8.77. The van der Waals surface area contributed by atoms with Crippen molar-refractivity contribution in [2.45, 2.75) is 82.2 Å². The summed E-state index contributed by atoms with van der Waals surface area (Å²) in [6.07, 6.45) is 10.3. The zero-order chi connectivity index (χ0) is 40.2. The largest absolute Gasteiger partial charge is 0.374 e. The van der Waals surface area contributed by atoms with Gasteiger partial charge in [-0.05, 0) is 119 Å². The molecule has 0 bridgehead atoms. The van der Waals surface area contributed by atoms with Crippen molar-refractivity contribution in [1.82, 2.24) is 29.7 Å². The Kier molecular flexibility index (Phi) is 11.9. The number of rotatable bonds is 10. The molecule has 3 saturated heterocycles. The molecule has 2 aromatic heterocycles. The number of likely N-dealkylation sites (tertiary alicyclic amines) is 2. The molecule has 12 nitrogen and oxygen atoms in total. The molecule has 5 heterocycles. The van der Waals surface area contributed by atoms with Gasteiger partial charge in [-0.15, -0.1) is 0 Å². The molecule has 14 heteroatoms. The van der Waals surface area contributed by atoms with E-state index in [1.54, 1.807) is 42.6 Å². The predicted molar refractivity (Wildman–Crippen MR) is 216 cm³/mol. The summed E-state index contributed by atoms with van der Waals surface area (Å²) < 4.78 is 31.7. The molecule has 304 valence electrons. The summed E-state index contributed by atoms with van der Waals surface area (Å²) in [5.74, 6) is -0.233. The molecule has 1 aliphatic carbocycles. The first-order valence-corrected chi connectivity index (χ1v) is 20.6. The lowest BCUT2D eigenvalue weighted by Crippen LogP contribution is -2.47. The van der Waals surface area contributed by atoms with E-state index in [9.17, 15) is 23.6 Å². The summed E-state index contributed by atoms with van der Waals surface area (Å²) in [5.41, 5.74) is 2.38. The van der Waals surface area contributed by atoms with Gasteiger partial charge in [-0.3, -0.25) is 29.1 Å². The molecule has 58 heavy (non-hydrogen) atoms. The van der Waals surface area contributed by atoms with Crippen LogP contribution in [0.4, 0.5) is 20.4 Å². The van der Waals surface area contributed by atoms with Crippen LogP contribution in [0.5, 0.6) is 0 Å². The zero-order valence-electron chi connectivity index (χ0n) is 32.5. The Morgan fingerprint density at radius 3 is 2.34 bits per heavy atom. The summed E-state index contributed by atoms with van der Waals surface area (Å²) in [6, 6.07) is 16.6. The summed E-state index contributed by atoms with van der Waals surface area (Å²) in [4.78, 5) is 62.8. The number of pyridine rings is 1. The summed E-state index contributed by atoms with van der Waals surface area (Å²) in [6.45, 7) is 4.36. The number of halogens is 2. The highest BCUT2D eigenvalue weighted by atomic mass is 19.1. The van der Waals surface area contributed by atoms with Crippen LogP contribution in [0.2, 0.25) is 0 Å². The van der Waals surface area contributed by atoms with Crippen LogP contribution in [0.1, 0.15) is 75.7 Å². The maximum absolute atomic E-state index is 15.2. The first kappa shape index (κ1) is 39.3. The Balaban J connectivity index is 0.761. The molecule has 3 aliphatic heterocycles. The molecule has 2 aromatic carbocycles. The SMILES string of the molecule is O=C1CCC(Nc2ccc(C3CCN(CC4CCN(C(=O)[C@H]5CC[C@H](Nc6ncc(F)c(-c7cccc(-n8ccccc8=O)c7)n6)CC5)CC4)CC3)c(F)c2)C(=O)N1. The number of piperidine rings is 3. The first-order valence-electron chi connectivity index (χ1n) is 20.6. The number of nitrogens with zero attached hydrogens (tertiary/aromatic N) is 5. The molecule has 4 aromatic rings. The molecule has 4 fully saturated rings. The second-order valence-corrected chi connectivity index (χ2v) is 16.3. The lowest BCUT2D eigenvalue weighted by atomic mass is 9.84. The summed E-state index contributed by atoms with van der Waals surface area (Å²) >= 11 is 0. The van der Waals surface area contributed by atoms with Crippen molar-refractivity contribution in [1.29, 1.82) is 0 Å². The van der Waals surface area contributed by atoms with Crippen LogP contribution in [0.15, 0.2) is 77.9 Å². The normalized spacial score (nSPS) is 22.4. The van der Waals surface area contributed by atoms with E-state index in [0.717, 1.165) is 84.1 Å². The third kappa shape index (κ3) is 9.12. The van der Waals surface area contributed by atoms with Crippen LogP contribution in [-0.2, 0) is 14.4 Å². The van der Waals surface area contributed by atoms with Crippen molar-refractivity contribution < 1.29 is 23.2 Å². The van der Waals surface area contributed by atoms with Crippen molar-refractivity contribution in [2.75, 3.05) is 43.4 Å². The Labute approximate surface area is 336 Å². The van der Waals surface area contributed by atoms with Crippen LogP contribution < -0.4 is 21.5 Å². The second kappa shape index (κ2) is 17.6. The van der Waals surface area contributed by atoms with Crippen LogP contribution in [0.25, 0.3) is 16.9 Å². The fraction of sp³-hybridized carbons (Fsp3) is 0.455. The maximum Gasteiger partial charge on any atom is 0.255 e. The van der Waals surface area contributed by atoms with E-state index in [-0.39, 0.29) is 59.1 Å². The van der Waals surface area contributed by atoms with E-state index < -0.39 is 11.9 Å². The van der Waals surface area contributed by atoms with E-state index in [4.69, 9.17) is 0 Å². The average molecular weight is 793 g/mol. The van der Waals surface area contributed by atoms with Gasteiger partial charge in [-0.25, -0.2) is 18.7 Å². The Morgan fingerprint density at radius 2 is 1.60 bits per heavy atom. The third-order valence-electron chi connectivity index (χ3n) is 12.4. The molecule has 1 atom stereocenters. The molecule has 3 N–H and O–H groups in total. The number of aromatic nitrogens is 3. The van der Waals surface area contributed by atoms with Gasteiger partial charge in [0.05, 0.1) is 6.20 Å². The molecule has 1 unspecified atom stereocenters. The van der Waals surface area contributed by atoms with Gasteiger partial charge in [0, 0.05) is 67.2 Å². The third-order valence-corrected chi connectivity index (χ3v) is 12.4. The van der Waals surface area contributed by atoms with E-state index in [2.05, 4.69) is 35.7 Å². The Bertz CT molecular complexity index is 2190. The van der Waals surface area contributed by atoms with Crippen molar-refractivity contribution in [3.8, 4) is 16.9 Å². The minimum Gasteiger partial charge on any atom is -0.374 e. The highest BCUT2D eigenvalue weighted by Gasteiger charge is 2.33. The fourth-order valence-electron chi connectivity index (χ4n) is 9.12. The summed E-state index contributed by atoms with van der Waals surface area (Å²) in [7, 11) is 0. The van der Waals surface area contributed by atoms with E-state index in [1.807, 2.05) is 12.1 Å². The second-order valence-electron chi connectivity index (χ2n) is 16.3. The van der Waals surface area contributed by atoms with Crippen LogP contribution >= 0.6 is 0 Å². The lowest BCUT2D eigenvalue weighted by Gasteiger charge is -2.39. The van der Waals surface area contributed by atoms with Gasteiger partial charge in [-0.1, -0.05) is 24.3 Å². The topological polar surface area (TPSA) is 142 Å². The average Bonchev–Trinajstić information content (AvgIpc) is 3.23. The molecule has 0 radical (unpaired) electrons. The number of nitrogens with one attached hydrogen (secondary N) is 3. The van der Waals surface area contributed by atoms with E-state index in [1.165, 1.54) is 22.9 Å². The molecular formula is C44H50F2N8O4. The standard InChI is InChI=1S/C44H50F2N8O4/c45-36-25-33(48-38-13-14-39(55)50-42(38)57)11-12-35(36)29-17-20-52(21-18-29)27-28-15-22-53(23-16-28)43(58)30-7-9-32(10-8-30)49-44-47-26-37(46)41(51-44)31-4-3-5-34(24-31)54-19-2-1-6-40(54)56/h1-6,11-12,19,24-26,28-30,32,38,48H,7-10,13-18,20-23,27H2,(H,47,49,51)(H,50,55,57)/t30-,32-,38?. The van der Waals surface area contributed by atoms with Gasteiger partial charge in [0.25, 0.3) is 5.56 Å². The Hall–Kier alpha value is -5.50. The monoisotopic (exact) mass is 792 g/mol. The van der Waals surface area contributed by atoms with E-state index >= 15 is 4.39 Å². The van der Waals surface area contributed by atoms with Gasteiger partial charge >= 0.3 is 0 Å². The number of benzene rings is 2. The highest BCUT2D eigenvalue weighted by molar-refractivity contribution is 6.01. The smallest absolute Gasteiger partial charge is 0.255 e. The van der Waals surface area contributed by atoms with Gasteiger partial charge in [0.15, 0.2) is 5.82 Å². The number of anilines is 2. The number of imide groups is 1. The van der Waals surface area contributed by atoms with E-state index in [0.29, 0.717) is 40.8 Å². The number of hydrogen-bond acceptors (Lipinski definition) is 9. The quantitative estimate of drug-likeness (QED) is 0.168. The molecule has 0 spiro atoms. The van der Waals surface area contributed by atoms with Crippen LogP contribution in [0.3, 0.4) is 0 Å². The molecule has 1 saturated carbocycles. The van der Waals surface area contributed by atoms with Crippen molar-refractivity contribution in [2.24, 2.45) is 11.8 Å². The van der Waals surface area contributed by atoms with Gasteiger partial charge in [-0.2, -0.15) is 0 Å². The zero-order valence-corrected chi connectivity index (χ0v) is 32.5. The molecule has 3 amide bonds. The highest BCUT2D eigenvalue weighted by Crippen LogP contribution is 2.34. The number of carbonyl (C=O) groups excluding carboxylic acids is 3. The number of hydrogen-bond donors (Lipinski definition) is 3. The number of amides is 3. The minimum atomic E-state index is -0.551. The Morgan fingerprint density at radius 1 is 0.810 bits per heavy atom.